The van der Waals surface area contributed by atoms with Crippen LogP contribution in [0.5, 0.6) is 11.5 Å². The molecule has 36 heavy (non-hydrogen) atoms. The molecular weight excluding hydrogens is 454 g/mol. The van der Waals surface area contributed by atoms with Gasteiger partial charge in [0.05, 0.1) is 26.2 Å². The summed E-state index contributed by atoms with van der Waals surface area (Å²) in [6.07, 6.45) is 2.69. The van der Waals surface area contributed by atoms with Crippen LogP contribution in [-0.2, 0) is 11.2 Å². The number of carbonyl (C=O) groups excluding carboxylic acids is 2. The molecule has 0 saturated heterocycles. The normalized spacial score (nSPS) is 17.1. The number of para-hydroxylation sites is 1. The first kappa shape index (κ1) is 23.5. The monoisotopic (exact) mass is 483 g/mol. The van der Waals surface area contributed by atoms with Gasteiger partial charge < -0.3 is 24.7 Å². The van der Waals surface area contributed by atoms with Crippen LogP contribution in [0.2, 0.25) is 0 Å². The summed E-state index contributed by atoms with van der Waals surface area (Å²) in [4.78, 5) is 32.0. The number of rotatable bonds is 7. The number of hydrogen-bond donors (Lipinski definition) is 2. The van der Waals surface area contributed by atoms with Gasteiger partial charge in [-0.05, 0) is 47.4 Å². The molecule has 3 aromatic carbocycles. The molecule has 5 rings (SSSR count). The summed E-state index contributed by atoms with van der Waals surface area (Å²) in [7, 11) is 4.89. The van der Waals surface area contributed by atoms with Gasteiger partial charge in [0.15, 0.2) is 11.5 Å². The van der Waals surface area contributed by atoms with Gasteiger partial charge in [0.2, 0.25) is 5.91 Å². The average Bonchev–Trinajstić information content (AvgIpc) is 3.33. The molecule has 0 radical (unpaired) electrons. The lowest BCUT2D eigenvalue weighted by molar-refractivity contribution is -0.124. The molecule has 0 aliphatic carbocycles. The zero-order valence-electron chi connectivity index (χ0n) is 20.6. The van der Waals surface area contributed by atoms with E-state index in [1.807, 2.05) is 54.7 Å². The number of aromatic amines is 1. The molecule has 2 amide bonds. The minimum atomic E-state index is -0.579. The number of likely N-dealkylation sites (N-methyl/N-ethyl adjacent to an activating group) is 1. The van der Waals surface area contributed by atoms with Gasteiger partial charge in [-0.3, -0.25) is 9.59 Å². The number of carbonyl (C=O) groups is 2. The Hall–Kier alpha value is -4.26. The summed E-state index contributed by atoms with van der Waals surface area (Å²) in [5.41, 5.74) is 4.31. The molecule has 2 atom stereocenters. The number of nitrogens with zero attached hydrogens (tertiary/aromatic N) is 1. The van der Waals surface area contributed by atoms with Crippen LogP contribution in [0.4, 0.5) is 0 Å². The molecule has 1 aliphatic rings. The van der Waals surface area contributed by atoms with Crippen molar-refractivity contribution in [3.8, 4) is 11.5 Å². The summed E-state index contributed by atoms with van der Waals surface area (Å²) in [6.45, 7) is 0.482. The molecular formula is C29H29N3O4. The Morgan fingerprint density at radius 3 is 2.56 bits per heavy atom. The number of fused-ring (bicyclic) bond motifs is 2. The van der Waals surface area contributed by atoms with Crippen LogP contribution in [0.15, 0.2) is 72.9 Å². The fourth-order valence-electron chi connectivity index (χ4n) is 5.18. The van der Waals surface area contributed by atoms with Crippen LogP contribution in [0, 0.1) is 0 Å². The van der Waals surface area contributed by atoms with Crippen LogP contribution in [0.1, 0.15) is 39.0 Å². The van der Waals surface area contributed by atoms with Crippen molar-refractivity contribution in [2.24, 2.45) is 0 Å². The Bertz CT molecular complexity index is 1430. The maximum absolute atomic E-state index is 13.8. The van der Waals surface area contributed by atoms with Crippen molar-refractivity contribution in [3.05, 3.63) is 95.2 Å². The third-order valence-electron chi connectivity index (χ3n) is 6.98. The molecule has 0 saturated carbocycles. The lowest BCUT2D eigenvalue weighted by Gasteiger charge is -2.40. The molecule has 4 aromatic rings. The lowest BCUT2D eigenvalue weighted by Crippen LogP contribution is -2.46. The summed E-state index contributed by atoms with van der Waals surface area (Å²) < 4.78 is 10.9. The van der Waals surface area contributed by atoms with Crippen LogP contribution < -0.4 is 14.8 Å². The fraction of sp³-hybridized carbons (Fsp3) is 0.241. The number of benzene rings is 3. The highest BCUT2D eigenvalue weighted by atomic mass is 16.5. The molecule has 7 heteroatoms. The van der Waals surface area contributed by atoms with E-state index >= 15 is 0 Å². The van der Waals surface area contributed by atoms with E-state index in [0.29, 0.717) is 30.0 Å². The van der Waals surface area contributed by atoms with Crippen molar-refractivity contribution in [3.63, 3.8) is 0 Å². The number of methoxy groups -OCH3 is 2. The second kappa shape index (κ2) is 9.77. The summed E-state index contributed by atoms with van der Waals surface area (Å²) in [5, 5.41) is 4.29. The molecule has 184 valence electrons. The van der Waals surface area contributed by atoms with Gasteiger partial charge in [-0.25, -0.2) is 0 Å². The van der Waals surface area contributed by atoms with Crippen LogP contribution in [-0.4, -0.2) is 49.5 Å². The average molecular weight is 484 g/mol. The number of ether oxygens (including phenoxy) is 2. The lowest BCUT2D eigenvalue weighted by atomic mass is 9.79. The SMILES string of the molecule is COc1ccc([C@H]2[C@H](C(=O)NCCc3c[nH]c4ccccc34)c3ccccc3C(=O)N2C)cc1OC. The Labute approximate surface area is 210 Å². The van der Waals surface area contributed by atoms with Crippen LogP contribution in [0.25, 0.3) is 10.9 Å². The van der Waals surface area contributed by atoms with E-state index in [0.717, 1.165) is 27.6 Å². The molecule has 0 bridgehead atoms. The zero-order valence-corrected chi connectivity index (χ0v) is 20.6. The minimum Gasteiger partial charge on any atom is -0.493 e. The number of nitrogens with one attached hydrogen (secondary N) is 2. The third kappa shape index (κ3) is 4.06. The topological polar surface area (TPSA) is 83.7 Å². The number of hydrogen-bond acceptors (Lipinski definition) is 4. The van der Waals surface area contributed by atoms with Crippen LogP contribution in [0.3, 0.4) is 0 Å². The predicted molar refractivity (Wildman–Crippen MR) is 139 cm³/mol. The second-order valence-corrected chi connectivity index (χ2v) is 8.94. The van der Waals surface area contributed by atoms with E-state index in [2.05, 4.69) is 16.4 Å². The van der Waals surface area contributed by atoms with E-state index in [1.165, 1.54) is 0 Å². The maximum Gasteiger partial charge on any atom is 0.254 e. The van der Waals surface area contributed by atoms with Crippen molar-refractivity contribution in [1.29, 1.82) is 0 Å². The van der Waals surface area contributed by atoms with Crippen molar-refractivity contribution in [1.82, 2.24) is 15.2 Å². The van der Waals surface area contributed by atoms with E-state index in [-0.39, 0.29) is 11.8 Å². The van der Waals surface area contributed by atoms with E-state index in [9.17, 15) is 9.59 Å². The number of amides is 2. The highest BCUT2D eigenvalue weighted by Gasteiger charge is 2.42. The largest absolute Gasteiger partial charge is 0.493 e. The molecule has 0 unspecified atom stereocenters. The van der Waals surface area contributed by atoms with Gasteiger partial charge in [-0.15, -0.1) is 0 Å². The molecule has 2 N–H and O–H groups in total. The van der Waals surface area contributed by atoms with Gasteiger partial charge >= 0.3 is 0 Å². The Morgan fingerprint density at radius 1 is 1.00 bits per heavy atom. The molecule has 1 aliphatic heterocycles. The van der Waals surface area contributed by atoms with E-state index < -0.39 is 12.0 Å². The highest BCUT2D eigenvalue weighted by molar-refractivity contribution is 6.01. The first-order chi connectivity index (χ1) is 17.5. The van der Waals surface area contributed by atoms with Crippen molar-refractivity contribution < 1.29 is 19.1 Å². The standard InChI is InChI=1S/C29H29N3O4/c1-32-27(18-12-13-24(35-2)25(16-18)36-3)26(21-9-4-5-10-22(21)29(32)34)28(33)30-15-14-19-17-31-23-11-7-6-8-20(19)23/h4-13,16-17,26-27,31H,14-15H2,1-3H3,(H,30,33)/t26-,27+/m1/s1. The molecule has 1 aromatic heterocycles. The number of aromatic nitrogens is 1. The Kier molecular flexibility index (Phi) is 6.38. The number of H-pyrrole nitrogens is 1. The zero-order chi connectivity index (χ0) is 25.2. The quantitative estimate of drug-likeness (QED) is 0.407. The van der Waals surface area contributed by atoms with Gasteiger partial charge in [0.25, 0.3) is 5.91 Å². The molecule has 0 fully saturated rings. The molecule has 7 nitrogen and oxygen atoms in total. The first-order valence-corrected chi connectivity index (χ1v) is 11.9. The summed E-state index contributed by atoms with van der Waals surface area (Å²) in [6, 6.07) is 20.5. The van der Waals surface area contributed by atoms with Crippen molar-refractivity contribution >= 4 is 22.7 Å². The van der Waals surface area contributed by atoms with Crippen molar-refractivity contribution in [2.75, 3.05) is 27.8 Å². The molecule has 2 heterocycles. The summed E-state index contributed by atoms with van der Waals surface area (Å²) >= 11 is 0. The fourth-order valence-corrected chi connectivity index (χ4v) is 5.18. The Morgan fingerprint density at radius 2 is 1.75 bits per heavy atom. The van der Waals surface area contributed by atoms with Gasteiger partial charge in [-0.2, -0.15) is 0 Å². The van der Waals surface area contributed by atoms with Crippen molar-refractivity contribution in [2.45, 2.75) is 18.4 Å². The van der Waals surface area contributed by atoms with E-state index in [1.54, 1.807) is 38.3 Å². The predicted octanol–water partition coefficient (Wildman–Crippen LogP) is 4.45. The summed E-state index contributed by atoms with van der Waals surface area (Å²) in [5.74, 6) is 0.319. The maximum atomic E-state index is 13.8. The minimum absolute atomic E-state index is 0.117. The third-order valence-corrected chi connectivity index (χ3v) is 6.98. The molecule has 0 spiro atoms. The van der Waals surface area contributed by atoms with Crippen LogP contribution >= 0.6 is 0 Å². The highest BCUT2D eigenvalue weighted by Crippen LogP contribution is 2.44. The second-order valence-electron chi connectivity index (χ2n) is 8.94. The smallest absolute Gasteiger partial charge is 0.254 e. The van der Waals surface area contributed by atoms with E-state index in [4.69, 9.17) is 9.47 Å². The first-order valence-electron chi connectivity index (χ1n) is 11.9. The van der Waals surface area contributed by atoms with Gasteiger partial charge in [0, 0.05) is 36.3 Å². The van der Waals surface area contributed by atoms with Gasteiger partial charge in [-0.1, -0.05) is 42.5 Å². The van der Waals surface area contributed by atoms with Gasteiger partial charge in [0.1, 0.15) is 0 Å². The Balaban J connectivity index is 1.46.